The average molecular weight is 237 g/mol. The maximum absolute atomic E-state index is 11.6. The van der Waals surface area contributed by atoms with Crippen LogP contribution in [0.25, 0.3) is 10.2 Å². The second kappa shape index (κ2) is 4.49. The number of hydrogen-bond acceptors (Lipinski definition) is 4. The lowest BCUT2D eigenvalue weighted by molar-refractivity contribution is 0.148. The number of ether oxygens (including phenoxy) is 1. The van der Waals surface area contributed by atoms with Crippen molar-refractivity contribution in [3.8, 4) is 0 Å². The lowest BCUT2D eigenvalue weighted by Gasteiger charge is -2.03. The van der Waals surface area contributed by atoms with Crippen molar-refractivity contribution in [1.29, 1.82) is 0 Å². The van der Waals surface area contributed by atoms with Gasteiger partial charge in [-0.3, -0.25) is 4.79 Å². The maximum Gasteiger partial charge on any atom is 0.422 e. The second-order valence-corrected chi connectivity index (χ2v) is 4.28. The highest BCUT2D eigenvalue weighted by molar-refractivity contribution is 7.16. The van der Waals surface area contributed by atoms with Gasteiger partial charge in [0, 0.05) is 0 Å². The van der Waals surface area contributed by atoms with Crippen LogP contribution in [0.15, 0.2) is 29.1 Å². The zero-order valence-corrected chi connectivity index (χ0v) is 9.62. The smallest absolute Gasteiger partial charge is 0.422 e. The van der Waals surface area contributed by atoms with Crippen LogP contribution in [0.4, 0.5) is 4.79 Å². The molecule has 0 radical (unpaired) electrons. The van der Waals surface area contributed by atoms with Crippen molar-refractivity contribution >= 4 is 27.6 Å². The molecule has 0 saturated carbocycles. The van der Waals surface area contributed by atoms with Gasteiger partial charge in [-0.2, -0.15) is 0 Å². The van der Waals surface area contributed by atoms with Crippen molar-refractivity contribution in [1.82, 2.24) is 4.57 Å². The van der Waals surface area contributed by atoms with E-state index in [1.807, 2.05) is 19.1 Å². The fourth-order valence-corrected chi connectivity index (χ4v) is 2.26. The Morgan fingerprint density at radius 3 is 2.94 bits per heavy atom. The summed E-state index contributed by atoms with van der Waals surface area (Å²) in [6, 6.07) is 7.17. The Labute approximate surface area is 96.1 Å². The summed E-state index contributed by atoms with van der Waals surface area (Å²) in [5.74, 6) is 0. The molecule has 0 aliphatic rings. The highest BCUT2D eigenvalue weighted by atomic mass is 32.1. The Bertz CT molecular complexity index is 570. The SMILES string of the molecule is CCCOC(=O)n1c(=O)sc2ccccc21. The highest BCUT2D eigenvalue weighted by Crippen LogP contribution is 2.16. The number of rotatable bonds is 2. The Hall–Kier alpha value is -1.62. The van der Waals surface area contributed by atoms with E-state index in [0.29, 0.717) is 12.1 Å². The third kappa shape index (κ3) is 1.86. The van der Waals surface area contributed by atoms with Crippen LogP contribution in [0.1, 0.15) is 13.3 Å². The zero-order valence-electron chi connectivity index (χ0n) is 8.80. The number of aromatic nitrogens is 1. The van der Waals surface area contributed by atoms with E-state index in [1.165, 1.54) is 0 Å². The first kappa shape index (κ1) is 10.9. The minimum Gasteiger partial charge on any atom is -0.449 e. The van der Waals surface area contributed by atoms with Gasteiger partial charge in [0.25, 0.3) is 0 Å². The molecule has 1 heterocycles. The van der Waals surface area contributed by atoms with Crippen molar-refractivity contribution in [2.75, 3.05) is 6.61 Å². The molecular weight excluding hydrogens is 226 g/mol. The van der Waals surface area contributed by atoms with Gasteiger partial charge in [-0.15, -0.1) is 0 Å². The zero-order chi connectivity index (χ0) is 11.5. The van der Waals surface area contributed by atoms with Gasteiger partial charge in [0.1, 0.15) is 0 Å². The van der Waals surface area contributed by atoms with Gasteiger partial charge >= 0.3 is 11.0 Å². The van der Waals surface area contributed by atoms with Gasteiger partial charge in [-0.25, -0.2) is 9.36 Å². The molecule has 0 aliphatic heterocycles. The first-order valence-electron chi connectivity index (χ1n) is 5.01. The summed E-state index contributed by atoms with van der Waals surface area (Å²) in [6.45, 7) is 2.23. The van der Waals surface area contributed by atoms with Crippen LogP contribution in [0.2, 0.25) is 0 Å². The van der Waals surface area contributed by atoms with Gasteiger partial charge in [0.2, 0.25) is 0 Å². The van der Waals surface area contributed by atoms with Crippen LogP contribution >= 0.6 is 11.3 Å². The van der Waals surface area contributed by atoms with E-state index < -0.39 is 6.09 Å². The van der Waals surface area contributed by atoms with E-state index in [0.717, 1.165) is 27.0 Å². The Morgan fingerprint density at radius 2 is 2.19 bits per heavy atom. The van der Waals surface area contributed by atoms with Crippen molar-refractivity contribution in [3.05, 3.63) is 33.9 Å². The molecule has 16 heavy (non-hydrogen) atoms. The molecule has 0 amide bonds. The summed E-state index contributed by atoms with van der Waals surface area (Å²) >= 11 is 1.05. The quantitative estimate of drug-likeness (QED) is 0.806. The van der Waals surface area contributed by atoms with E-state index in [2.05, 4.69) is 0 Å². The predicted molar refractivity (Wildman–Crippen MR) is 63.1 cm³/mol. The van der Waals surface area contributed by atoms with Gasteiger partial charge < -0.3 is 4.74 Å². The van der Waals surface area contributed by atoms with Crippen LogP contribution < -0.4 is 4.87 Å². The summed E-state index contributed by atoms with van der Waals surface area (Å²) in [7, 11) is 0. The van der Waals surface area contributed by atoms with E-state index in [9.17, 15) is 9.59 Å². The minimum absolute atomic E-state index is 0.303. The molecule has 2 aromatic rings. The average Bonchev–Trinajstić information content (AvgIpc) is 2.62. The summed E-state index contributed by atoms with van der Waals surface area (Å²) in [4.78, 5) is 23.0. The Kier molecular flexibility index (Phi) is 3.05. The van der Waals surface area contributed by atoms with E-state index >= 15 is 0 Å². The fourth-order valence-electron chi connectivity index (χ4n) is 1.39. The Balaban J connectivity index is 2.47. The van der Waals surface area contributed by atoms with Crippen molar-refractivity contribution in [3.63, 3.8) is 0 Å². The third-order valence-corrected chi connectivity index (χ3v) is 3.02. The molecule has 0 fully saturated rings. The monoisotopic (exact) mass is 237 g/mol. The van der Waals surface area contributed by atoms with Crippen LogP contribution in [0, 0.1) is 0 Å². The molecule has 1 aromatic carbocycles. The summed E-state index contributed by atoms with van der Waals surface area (Å²) < 4.78 is 6.83. The van der Waals surface area contributed by atoms with Gasteiger partial charge in [-0.05, 0) is 18.6 Å². The lowest BCUT2D eigenvalue weighted by Crippen LogP contribution is -2.23. The largest absolute Gasteiger partial charge is 0.449 e. The number of hydrogen-bond donors (Lipinski definition) is 0. The maximum atomic E-state index is 11.6. The highest BCUT2D eigenvalue weighted by Gasteiger charge is 2.14. The van der Waals surface area contributed by atoms with Crippen LogP contribution in [0.3, 0.4) is 0 Å². The number of carbonyl (C=O) groups excluding carboxylic acids is 1. The molecule has 0 atom stereocenters. The van der Waals surface area contributed by atoms with Crippen molar-refractivity contribution in [2.24, 2.45) is 0 Å². The molecule has 0 N–H and O–H groups in total. The van der Waals surface area contributed by atoms with Crippen LogP contribution in [0.5, 0.6) is 0 Å². The number of para-hydroxylation sites is 1. The topological polar surface area (TPSA) is 48.3 Å². The molecular formula is C11H11NO3S. The number of thiazole rings is 1. The molecule has 4 nitrogen and oxygen atoms in total. The molecule has 1 aromatic heterocycles. The lowest BCUT2D eigenvalue weighted by atomic mass is 10.3. The molecule has 0 aliphatic carbocycles. The summed E-state index contributed by atoms with van der Waals surface area (Å²) in [5.41, 5.74) is 0.610. The number of nitrogens with zero attached hydrogens (tertiary/aromatic N) is 1. The standard InChI is InChI=1S/C11H11NO3S/c1-2-7-15-10(13)12-8-5-3-4-6-9(8)16-11(12)14/h3-6H,2,7H2,1H3. The molecule has 5 heteroatoms. The van der Waals surface area contributed by atoms with E-state index in [-0.39, 0.29) is 4.87 Å². The first-order chi connectivity index (χ1) is 7.74. The van der Waals surface area contributed by atoms with Gasteiger partial charge in [-0.1, -0.05) is 30.4 Å². The number of fused-ring (bicyclic) bond motifs is 1. The molecule has 0 unspecified atom stereocenters. The van der Waals surface area contributed by atoms with Crippen LogP contribution in [-0.2, 0) is 4.74 Å². The van der Waals surface area contributed by atoms with E-state index in [1.54, 1.807) is 12.1 Å². The third-order valence-electron chi connectivity index (χ3n) is 2.10. The molecule has 84 valence electrons. The Morgan fingerprint density at radius 1 is 1.44 bits per heavy atom. The second-order valence-electron chi connectivity index (χ2n) is 3.29. The van der Waals surface area contributed by atoms with Gasteiger partial charge in [0.15, 0.2) is 0 Å². The van der Waals surface area contributed by atoms with Crippen LogP contribution in [-0.4, -0.2) is 17.3 Å². The minimum atomic E-state index is -0.593. The van der Waals surface area contributed by atoms with Crippen molar-refractivity contribution in [2.45, 2.75) is 13.3 Å². The molecule has 0 saturated heterocycles. The molecule has 0 spiro atoms. The normalized spacial score (nSPS) is 10.6. The first-order valence-corrected chi connectivity index (χ1v) is 5.83. The summed E-state index contributed by atoms with van der Waals surface area (Å²) in [6.07, 6.45) is 0.145. The molecule has 2 rings (SSSR count). The number of benzene rings is 1. The van der Waals surface area contributed by atoms with E-state index in [4.69, 9.17) is 4.74 Å². The predicted octanol–water partition coefficient (Wildman–Crippen LogP) is 2.46. The summed E-state index contributed by atoms with van der Waals surface area (Å²) in [5, 5.41) is 0. The molecule has 0 bridgehead atoms. The number of carbonyl (C=O) groups is 1. The van der Waals surface area contributed by atoms with Gasteiger partial charge in [0.05, 0.1) is 16.8 Å². The fraction of sp³-hybridized carbons (Fsp3) is 0.273. The van der Waals surface area contributed by atoms with Crippen molar-refractivity contribution < 1.29 is 9.53 Å².